The summed E-state index contributed by atoms with van der Waals surface area (Å²) in [6.45, 7) is 3.80. The Morgan fingerprint density at radius 2 is 1.97 bits per heavy atom. The van der Waals surface area contributed by atoms with Crippen molar-refractivity contribution in [2.24, 2.45) is 10.9 Å². The first-order valence-corrected chi connectivity index (χ1v) is 10.9. The van der Waals surface area contributed by atoms with E-state index in [1.165, 1.54) is 0 Å². The van der Waals surface area contributed by atoms with Gasteiger partial charge in [-0.25, -0.2) is 4.99 Å². The summed E-state index contributed by atoms with van der Waals surface area (Å²) in [5.41, 5.74) is 2.68. The average Bonchev–Trinajstić information content (AvgIpc) is 3.46. The average molecular weight is 547 g/mol. The SMILES string of the molecule is CCNC(=NCc1cccc(NC(=O)C2CCCC2)c1)NCc1nnc2ccccn12.I. The number of benzene rings is 1. The minimum Gasteiger partial charge on any atom is -0.357 e. The van der Waals surface area contributed by atoms with E-state index >= 15 is 0 Å². The number of amides is 1. The van der Waals surface area contributed by atoms with Crippen molar-refractivity contribution in [3.05, 3.63) is 60.0 Å². The second-order valence-corrected chi connectivity index (χ2v) is 7.76. The molecule has 3 N–H and O–H groups in total. The Hall–Kier alpha value is -2.69. The van der Waals surface area contributed by atoms with E-state index < -0.39 is 0 Å². The van der Waals surface area contributed by atoms with Gasteiger partial charge in [0.05, 0.1) is 13.1 Å². The fourth-order valence-electron chi connectivity index (χ4n) is 3.87. The molecule has 9 heteroatoms. The Bertz CT molecular complexity index is 1060. The van der Waals surface area contributed by atoms with Crippen LogP contribution in [0.1, 0.15) is 44.0 Å². The maximum Gasteiger partial charge on any atom is 0.227 e. The molecule has 1 aliphatic rings. The van der Waals surface area contributed by atoms with E-state index in [0.717, 1.165) is 55.0 Å². The number of fused-ring (bicyclic) bond motifs is 1. The lowest BCUT2D eigenvalue weighted by Gasteiger charge is -2.12. The van der Waals surface area contributed by atoms with Crippen LogP contribution in [0, 0.1) is 5.92 Å². The summed E-state index contributed by atoms with van der Waals surface area (Å²) in [4.78, 5) is 17.1. The van der Waals surface area contributed by atoms with Gasteiger partial charge in [-0.15, -0.1) is 34.2 Å². The molecule has 1 fully saturated rings. The molecule has 0 spiro atoms. The first-order chi connectivity index (χ1) is 15.2. The van der Waals surface area contributed by atoms with Gasteiger partial charge in [-0.3, -0.25) is 9.20 Å². The van der Waals surface area contributed by atoms with Crippen molar-refractivity contribution < 1.29 is 4.79 Å². The van der Waals surface area contributed by atoms with E-state index in [0.29, 0.717) is 19.0 Å². The molecule has 0 unspecified atom stereocenters. The van der Waals surface area contributed by atoms with E-state index in [9.17, 15) is 4.79 Å². The molecular formula is C23H30IN7O. The van der Waals surface area contributed by atoms with Gasteiger partial charge in [0.1, 0.15) is 0 Å². The number of carbonyl (C=O) groups excluding carboxylic acids is 1. The number of hydrogen-bond acceptors (Lipinski definition) is 4. The maximum atomic E-state index is 12.4. The summed E-state index contributed by atoms with van der Waals surface area (Å²) in [5, 5.41) is 18.1. The highest BCUT2D eigenvalue weighted by Gasteiger charge is 2.22. The van der Waals surface area contributed by atoms with Crippen molar-refractivity contribution in [1.29, 1.82) is 0 Å². The third-order valence-corrected chi connectivity index (χ3v) is 5.48. The molecule has 0 atom stereocenters. The number of nitrogens with one attached hydrogen (secondary N) is 3. The number of hydrogen-bond donors (Lipinski definition) is 3. The molecule has 0 radical (unpaired) electrons. The monoisotopic (exact) mass is 547 g/mol. The predicted molar refractivity (Wildman–Crippen MR) is 137 cm³/mol. The maximum absolute atomic E-state index is 12.4. The van der Waals surface area contributed by atoms with E-state index in [2.05, 4.69) is 31.1 Å². The molecule has 2 heterocycles. The molecule has 1 saturated carbocycles. The Morgan fingerprint density at radius 1 is 1.12 bits per heavy atom. The smallest absolute Gasteiger partial charge is 0.227 e. The van der Waals surface area contributed by atoms with Crippen LogP contribution in [0.25, 0.3) is 5.65 Å². The molecule has 32 heavy (non-hydrogen) atoms. The number of aromatic nitrogens is 3. The second-order valence-electron chi connectivity index (χ2n) is 7.76. The van der Waals surface area contributed by atoms with Gasteiger partial charge < -0.3 is 16.0 Å². The van der Waals surface area contributed by atoms with Crippen molar-refractivity contribution in [3.8, 4) is 0 Å². The summed E-state index contributed by atoms with van der Waals surface area (Å²) >= 11 is 0. The Labute approximate surface area is 205 Å². The summed E-state index contributed by atoms with van der Waals surface area (Å²) in [5.74, 6) is 1.81. The molecule has 0 aliphatic heterocycles. The molecule has 1 amide bonds. The van der Waals surface area contributed by atoms with Crippen LogP contribution in [0.5, 0.6) is 0 Å². The zero-order chi connectivity index (χ0) is 21.5. The summed E-state index contributed by atoms with van der Waals surface area (Å²) in [6.07, 6.45) is 6.24. The van der Waals surface area contributed by atoms with Gasteiger partial charge in [0.15, 0.2) is 17.4 Å². The molecule has 3 aromatic rings. The molecule has 8 nitrogen and oxygen atoms in total. The Morgan fingerprint density at radius 3 is 2.78 bits per heavy atom. The largest absolute Gasteiger partial charge is 0.357 e. The number of pyridine rings is 1. The number of anilines is 1. The minimum atomic E-state index is 0. The predicted octanol–water partition coefficient (Wildman–Crippen LogP) is 3.73. The third kappa shape index (κ3) is 6.18. The van der Waals surface area contributed by atoms with Gasteiger partial charge in [-0.2, -0.15) is 0 Å². The number of aliphatic imine (C=N–C) groups is 1. The van der Waals surface area contributed by atoms with E-state index in [-0.39, 0.29) is 35.8 Å². The fourth-order valence-corrected chi connectivity index (χ4v) is 3.87. The molecule has 4 rings (SSSR count). The third-order valence-electron chi connectivity index (χ3n) is 5.48. The summed E-state index contributed by atoms with van der Waals surface area (Å²) < 4.78 is 1.95. The molecule has 2 aromatic heterocycles. The van der Waals surface area contributed by atoms with E-state index in [1.54, 1.807) is 0 Å². The molecule has 1 aliphatic carbocycles. The van der Waals surface area contributed by atoms with E-state index in [1.807, 2.05) is 60.0 Å². The highest BCUT2D eigenvalue weighted by molar-refractivity contribution is 14.0. The Balaban J connectivity index is 0.00000289. The van der Waals surface area contributed by atoms with Gasteiger partial charge in [0.2, 0.25) is 5.91 Å². The van der Waals surface area contributed by atoms with Gasteiger partial charge in [0, 0.05) is 24.3 Å². The van der Waals surface area contributed by atoms with Crippen molar-refractivity contribution in [2.75, 3.05) is 11.9 Å². The lowest BCUT2D eigenvalue weighted by molar-refractivity contribution is -0.119. The summed E-state index contributed by atoms with van der Waals surface area (Å²) in [7, 11) is 0. The normalized spacial score (nSPS) is 14.2. The lowest BCUT2D eigenvalue weighted by Crippen LogP contribution is -2.37. The minimum absolute atomic E-state index is 0. The van der Waals surface area contributed by atoms with Crippen LogP contribution in [0.4, 0.5) is 5.69 Å². The van der Waals surface area contributed by atoms with Crippen molar-refractivity contribution >= 4 is 47.2 Å². The first-order valence-electron chi connectivity index (χ1n) is 10.9. The van der Waals surface area contributed by atoms with Crippen LogP contribution >= 0.6 is 24.0 Å². The molecular weight excluding hydrogens is 517 g/mol. The lowest BCUT2D eigenvalue weighted by atomic mass is 10.1. The Kier molecular flexibility index (Phi) is 8.83. The number of nitrogens with zero attached hydrogens (tertiary/aromatic N) is 4. The second kappa shape index (κ2) is 11.8. The molecule has 170 valence electrons. The van der Waals surface area contributed by atoms with Gasteiger partial charge >= 0.3 is 0 Å². The topological polar surface area (TPSA) is 95.7 Å². The number of carbonyl (C=O) groups is 1. The van der Waals surface area contributed by atoms with Crippen LogP contribution in [-0.4, -0.2) is 33.0 Å². The van der Waals surface area contributed by atoms with Crippen molar-refractivity contribution in [2.45, 2.75) is 45.7 Å². The number of guanidine groups is 1. The van der Waals surface area contributed by atoms with Crippen LogP contribution in [0.2, 0.25) is 0 Å². The highest BCUT2D eigenvalue weighted by Crippen LogP contribution is 2.26. The zero-order valence-corrected chi connectivity index (χ0v) is 20.6. The fraction of sp³-hybridized carbons (Fsp3) is 0.391. The van der Waals surface area contributed by atoms with Crippen LogP contribution in [0.15, 0.2) is 53.7 Å². The highest BCUT2D eigenvalue weighted by atomic mass is 127. The number of rotatable bonds is 7. The number of halogens is 1. The quantitative estimate of drug-likeness (QED) is 0.238. The van der Waals surface area contributed by atoms with Gasteiger partial charge in [0.25, 0.3) is 0 Å². The standard InChI is InChI=1S/C23H29N7O.HI/c1-2-24-23(26-16-21-29-28-20-12-5-6-13-30(20)21)25-15-17-8-7-11-19(14-17)27-22(31)18-9-3-4-10-18;/h5-8,11-14,18H,2-4,9-10,15-16H2,1H3,(H,27,31)(H2,24,25,26);1H. The molecule has 1 aromatic carbocycles. The van der Waals surface area contributed by atoms with Crippen molar-refractivity contribution in [3.63, 3.8) is 0 Å². The molecule has 0 saturated heterocycles. The zero-order valence-electron chi connectivity index (χ0n) is 18.3. The van der Waals surface area contributed by atoms with Gasteiger partial charge in [-0.1, -0.05) is 31.0 Å². The molecule has 0 bridgehead atoms. The van der Waals surface area contributed by atoms with Crippen molar-refractivity contribution in [1.82, 2.24) is 25.2 Å². The van der Waals surface area contributed by atoms with E-state index in [4.69, 9.17) is 0 Å². The first kappa shape index (κ1) is 24.0. The van der Waals surface area contributed by atoms with Crippen LogP contribution < -0.4 is 16.0 Å². The van der Waals surface area contributed by atoms with Gasteiger partial charge in [-0.05, 0) is 49.6 Å². The summed E-state index contributed by atoms with van der Waals surface area (Å²) in [6, 6.07) is 13.7. The van der Waals surface area contributed by atoms with Crippen LogP contribution in [-0.2, 0) is 17.9 Å². The van der Waals surface area contributed by atoms with Crippen LogP contribution in [0.3, 0.4) is 0 Å².